The smallest absolute Gasteiger partial charge is 0.284 e. The number of rotatable bonds is 7. The number of nitro benzene ring substituents is 2. The van der Waals surface area contributed by atoms with Crippen molar-refractivity contribution in [1.29, 1.82) is 0 Å². The highest BCUT2D eigenvalue weighted by molar-refractivity contribution is 5.77. The maximum absolute atomic E-state index is 11.5. The van der Waals surface area contributed by atoms with Crippen molar-refractivity contribution in [3.63, 3.8) is 0 Å². The standard InChI is InChI=1S/C20H24N2O5/c1-5-12(3)17-9-14(10-18(20(17)23)13(4)6-2)16-8-7-15(21(24)25)11-19(16)22(26)27/h7-13,23H,5-6H2,1-4H3. The summed E-state index contributed by atoms with van der Waals surface area (Å²) in [6.07, 6.45) is 1.61. The van der Waals surface area contributed by atoms with Gasteiger partial charge in [-0.05, 0) is 59.6 Å². The fourth-order valence-corrected chi connectivity index (χ4v) is 3.06. The lowest BCUT2D eigenvalue weighted by Crippen LogP contribution is -2.01. The second kappa shape index (κ2) is 8.16. The van der Waals surface area contributed by atoms with E-state index < -0.39 is 9.85 Å². The molecule has 2 atom stereocenters. The van der Waals surface area contributed by atoms with Gasteiger partial charge in [-0.2, -0.15) is 0 Å². The van der Waals surface area contributed by atoms with E-state index >= 15 is 0 Å². The third kappa shape index (κ3) is 4.07. The van der Waals surface area contributed by atoms with Crippen LogP contribution >= 0.6 is 0 Å². The largest absolute Gasteiger partial charge is 0.507 e. The molecule has 0 saturated heterocycles. The summed E-state index contributed by atoms with van der Waals surface area (Å²) < 4.78 is 0. The Bertz CT molecular complexity index is 848. The minimum Gasteiger partial charge on any atom is -0.507 e. The first-order valence-electron chi connectivity index (χ1n) is 9.01. The van der Waals surface area contributed by atoms with Crippen LogP contribution in [0.25, 0.3) is 11.1 Å². The molecular formula is C20H24N2O5. The predicted molar refractivity (Wildman–Crippen MR) is 104 cm³/mol. The van der Waals surface area contributed by atoms with Crippen LogP contribution in [0.3, 0.4) is 0 Å². The molecule has 7 nitrogen and oxygen atoms in total. The van der Waals surface area contributed by atoms with Gasteiger partial charge in [0.2, 0.25) is 0 Å². The molecule has 0 radical (unpaired) electrons. The molecule has 0 fully saturated rings. The number of aromatic hydroxyl groups is 1. The number of hydrogen-bond acceptors (Lipinski definition) is 5. The fourth-order valence-electron chi connectivity index (χ4n) is 3.06. The SMILES string of the molecule is CCC(C)c1cc(-c2ccc([N+](=O)[O-])cc2[N+](=O)[O-])cc(C(C)CC)c1O. The van der Waals surface area contributed by atoms with Crippen molar-refractivity contribution in [1.82, 2.24) is 0 Å². The molecule has 27 heavy (non-hydrogen) atoms. The first kappa shape index (κ1) is 20.4. The van der Waals surface area contributed by atoms with Crippen LogP contribution in [0.4, 0.5) is 11.4 Å². The van der Waals surface area contributed by atoms with Crippen LogP contribution in [0.1, 0.15) is 63.5 Å². The highest BCUT2D eigenvalue weighted by Gasteiger charge is 2.24. The average molecular weight is 372 g/mol. The van der Waals surface area contributed by atoms with Gasteiger partial charge in [0, 0.05) is 6.07 Å². The Kier molecular flexibility index (Phi) is 6.15. The summed E-state index contributed by atoms with van der Waals surface area (Å²) in [6.45, 7) is 8.00. The Hall–Kier alpha value is -2.96. The molecule has 0 aliphatic carbocycles. The molecule has 144 valence electrons. The summed E-state index contributed by atoms with van der Waals surface area (Å²) in [4.78, 5) is 21.2. The second-order valence-corrected chi connectivity index (χ2v) is 6.84. The van der Waals surface area contributed by atoms with Gasteiger partial charge in [-0.25, -0.2) is 0 Å². The quantitative estimate of drug-likeness (QED) is 0.481. The molecule has 2 rings (SSSR count). The Morgan fingerprint density at radius 1 is 0.926 bits per heavy atom. The number of nitro groups is 2. The summed E-state index contributed by atoms with van der Waals surface area (Å²) in [5.41, 5.74) is 1.71. The number of non-ortho nitro benzene ring substituents is 1. The lowest BCUT2D eigenvalue weighted by Gasteiger charge is -2.20. The van der Waals surface area contributed by atoms with Crippen LogP contribution in [0.2, 0.25) is 0 Å². The van der Waals surface area contributed by atoms with E-state index in [0.717, 1.165) is 30.0 Å². The van der Waals surface area contributed by atoms with Crippen LogP contribution < -0.4 is 0 Å². The molecule has 0 bridgehead atoms. The molecule has 2 aromatic rings. The molecule has 0 aliphatic rings. The first-order valence-corrected chi connectivity index (χ1v) is 9.01. The van der Waals surface area contributed by atoms with Gasteiger partial charge in [0.25, 0.3) is 11.4 Å². The van der Waals surface area contributed by atoms with Gasteiger partial charge in [-0.15, -0.1) is 0 Å². The summed E-state index contributed by atoms with van der Waals surface area (Å²) in [5.74, 6) is 0.377. The van der Waals surface area contributed by atoms with E-state index in [1.165, 1.54) is 12.1 Å². The molecular weight excluding hydrogens is 348 g/mol. The van der Waals surface area contributed by atoms with Crippen molar-refractivity contribution in [2.45, 2.75) is 52.4 Å². The van der Waals surface area contributed by atoms with Gasteiger partial charge in [-0.3, -0.25) is 20.2 Å². The first-order chi connectivity index (χ1) is 12.7. The highest BCUT2D eigenvalue weighted by Crippen LogP contribution is 2.42. The lowest BCUT2D eigenvalue weighted by molar-refractivity contribution is -0.393. The van der Waals surface area contributed by atoms with E-state index in [1.54, 1.807) is 12.1 Å². The van der Waals surface area contributed by atoms with Crippen molar-refractivity contribution in [2.24, 2.45) is 0 Å². The minimum absolute atomic E-state index is 0.0739. The van der Waals surface area contributed by atoms with Gasteiger partial charge in [0.15, 0.2) is 0 Å². The number of phenols is 1. The minimum atomic E-state index is -0.650. The molecule has 1 N–H and O–H groups in total. The molecule has 2 unspecified atom stereocenters. The number of benzene rings is 2. The zero-order chi connectivity index (χ0) is 20.3. The maximum Gasteiger partial charge on any atom is 0.284 e. The van der Waals surface area contributed by atoms with Gasteiger partial charge >= 0.3 is 0 Å². The van der Waals surface area contributed by atoms with Gasteiger partial charge in [0.05, 0.1) is 21.5 Å². The number of nitrogens with zero attached hydrogens (tertiary/aromatic N) is 2. The summed E-state index contributed by atoms with van der Waals surface area (Å²) >= 11 is 0. The monoisotopic (exact) mass is 372 g/mol. The van der Waals surface area contributed by atoms with E-state index in [1.807, 2.05) is 27.7 Å². The van der Waals surface area contributed by atoms with Crippen molar-refractivity contribution in [3.8, 4) is 16.9 Å². The van der Waals surface area contributed by atoms with Crippen LogP contribution in [-0.2, 0) is 0 Å². The molecule has 0 saturated carbocycles. The van der Waals surface area contributed by atoms with Crippen LogP contribution in [0.5, 0.6) is 5.75 Å². The van der Waals surface area contributed by atoms with Crippen molar-refractivity contribution in [2.75, 3.05) is 0 Å². The summed E-state index contributed by atoms with van der Waals surface area (Å²) in [5, 5.41) is 33.2. The molecule has 0 heterocycles. The molecule has 2 aromatic carbocycles. The topological polar surface area (TPSA) is 107 Å². The van der Waals surface area contributed by atoms with Crippen LogP contribution in [-0.4, -0.2) is 15.0 Å². The molecule has 0 aromatic heterocycles. The van der Waals surface area contributed by atoms with Gasteiger partial charge in [-0.1, -0.05) is 27.7 Å². The Morgan fingerprint density at radius 2 is 1.44 bits per heavy atom. The fraction of sp³-hybridized carbons (Fsp3) is 0.400. The number of hydrogen-bond donors (Lipinski definition) is 1. The van der Waals surface area contributed by atoms with Crippen molar-refractivity contribution < 1.29 is 15.0 Å². The maximum atomic E-state index is 11.5. The van der Waals surface area contributed by atoms with E-state index in [4.69, 9.17) is 0 Å². The van der Waals surface area contributed by atoms with E-state index in [9.17, 15) is 25.3 Å². The zero-order valence-corrected chi connectivity index (χ0v) is 15.9. The average Bonchev–Trinajstić information content (AvgIpc) is 2.66. The Balaban J connectivity index is 2.78. The Morgan fingerprint density at radius 3 is 1.85 bits per heavy atom. The molecule has 0 aliphatic heterocycles. The highest BCUT2D eigenvalue weighted by atomic mass is 16.6. The van der Waals surface area contributed by atoms with E-state index in [0.29, 0.717) is 11.1 Å². The van der Waals surface area contributed by atoms with Crippen LogP contribution in [0.15, 0.2) is 30.3 Å². The Labute approximate surface area is 158 Å². The third-order valence-corrected chi connectivity index (χ3v) is 5.16. The van der Waals surface area contributed by atoms with Crippen LogP contribution in [0, 0.1) is 20.2 Å². The molecule has 0 amide bonds. The summed E-state index contributed by atoms with van der Waals surface area (Å²) in [6, 6.07) is 7.16. The van der Waals surface area contributed by atoms with E-state index in [2.05, 4.69) is 0 Å². The van der Waals surface area contributed by atoms with Gasteiger partial charge in [0.1, 0.15) is 5.75 Å². The lowest BCUT2D eigenvalue weighted by atomic mass is 9.86. The third-order valence-electron chi connectivity index (χ3n) is 5.16. The number of phenolic OH excluding ortho intramolecular Hbond substituents is 1. The second-order valence-electron chi connectivity index (χ2n) is 6.84. The molecule has 0 spiro atoms. The zero-order valence-electron chi connectivity index (χ0n) is 15.9. The normalized spacial score (nSPS) is 13.2. The van der Waals surface area contributed by atoms with Gasteiger partial charge < -0.3 is 5.11 Å². The predicted octanol–water partition coefficient (Wildman–Crippen LogP) is 5.90. The molecule has 7 heteroatoms. The van der Waals surface area contributed by atoms with Crippen molar-refractivity contribution >= 4 is 11.4 Å². The van der Waals surface area contributed by atoms with Crippen molar-refractivity contribution in [3.05, 3.63) is 61.7 Å². The van der Waals surface area contributed by atoms with E-state index in [-0.39, 0.29) is 29.0 Å². The summed E-state index contributed by atoms with van der Waals surface area (Å²) in [7, 11) is 0.